The summed E-state index contributed by atoms with van der Waals surface area (Å²) in [5.74, 6) is 0. The maximum absolute atomic E-state index is 10.0. The lowest BCUT2D eigenvalue weighted by Gasteiger charge is -1.91. The van der Waals surface area contributed by atoms with Crippen molar-refractivity contribution >= 4 is 0 Å². The Morgan fingerprint density at radius 2 is 1.90 bits per heavy atom. The van der Waals surface area contributed by atoms with Gasteiger partial charge in [0.05, 0.1) is 6.61 Å². The Morgan fingerprint density at radius 3 is 2.50 bits per heavy atom. The Kier molecular flexibility index (Phi) is 8.44. The van der Waals surface area contributed by atoms with Gasteiger partial charge in [0.15, 0.2) is 0 Å². The molecule has 0 spiro atoms. The molecule has 0 saturated carbocycles. The van der Waals surface area contributed by atoms with Gasteiger partial charge in [-0.3, -0.25) is 0 Å². The first-order valence-corrected chi connectivity index (χ1v) is 4.15. The van der Waals surface area contributed by atoms with Gasteiger partial charge in [-0.1, -0.05) is 25.5 Å². The molecular weight excluding hydrogens is 124 g/mol. The molecule has 0 atom stereocenters. The molecule has 0 aliphatic rings. The van der Waals surface area contributed by atoms with Crippen molar-refractivity contribution in [2.45, 2.75) is 39.0 Å². The SMILES string of the molecule is CC/C=C/CCCCC[O]. The first-order valence-electron chi connectivity index (χ1n) is 4.15. The van der Waals surface area contributed by atoms with Crippen molar-refractivity contribution in [1.82, 2.24) is 0 Å². The summed E-state index contributed by atoms with van der Waals surface area (Å²) in [5.41, 5.74) is 0. The number of unbranched alkanes of at least 4 members (excludes halogenated alkanes) is 3. The molecule has 0 saturated heterocycles. The molecule has 0 unspecified atom stereocenters. The van der Waals surface area contributed by atoms with E-state index in [9.17, 15) is 5.11 Å². The van der Waals surface area contributed by atoms with Crippen LogP contribution in [0.15, 0.2) is 12.2 Å². The molecule has 59 valence electrons. The topological polar surface area (TPSA) is 19.9 Å². The van der Waals surface area contributed by atoms with Gasteiger partial charge in [-0.25, -0.2) is 5.11 Å². The molecule has 1 heteroatoms. The van der Waals surface area contributed by atoms with Crippen LogP contribution in [0.1, 0.15) is 39.0 Å². The largest absolute Gasteiger partial charge is 0.237 e. The van der Waals surface area contributed by atoms with Crippen LogP contribution >= 0.6 is 0 Å². The fourth-order valence-electron chi connectivity index (χ4n) is 0.826. The molecule has 0 aromatic rings. The number of rotatable bonds is 6. The van der Waals surface area contributed by atoms with Gasteiger partial charge in [-0.05, 0) is 25.7 Å². The van der Waals surface area contributed by atoms with Crippen LogP contribution in [-0.2, 0) is 5.11 Å². The molecule has 0 fully saturated rings. The van der Waals surface area contributed by atoms with Gasteiger partial charge < -0.3 is 0 Å². The van der Waals surface area contributed by atoms with E-state index in [1.54, 1.807) is 0 Å². The van der Waals surface area contributed by atoms with Crippen LogP contribution < -0.4 is 0 Å². The van der Waals surface area contributed by atoms with Crippen LogP contribution in [0, 0.1) is 0 Å². The van der Waals surface area contributed by atoms with Crippen molar-refractivity contribution in [2.24, 2.45) is 0 Å². The molecular formula is C9H17O. The Labute approximate surface area is 63.8 Å². The zero-order valence-corrected chi connectivity index (χ0v) is 6.81. The zero-order valence-electron chi connectivity index (χ0n) is 6.81. The minimum absolute atomic E-state index is 0.0947. The molecule has 0 N–H and O–H groups in total. The molecule has 0 aromatic heterocycles. The molecule has 0 rings (SSSR count). The third kappa shape index (κ3) is 7.70. The Bertz CT molecular complexity index is 76.8. The van der Waals surface area contributed by atoms with Crippen molar-refractivity contribution in [3.05, 3.63) is 12.2 Å². The number of hydrogen-bond donors (Lipinski definition) is 0. The molecule has 0 amide bonds. The highest BCUT2D eigenvalue weighted by Crippen LogP contribution is 2.00. The summed E-state index contributed by atoms with van der Waals surface area (Å²) in [7, 11) is 0. The monoisotopic (exact) mass is 141 g/mol. The van der Waals surface area contributed by atoms with E-state index in [1.807, 2.05) is 0 Å². The fourth-order valence-corrected chi connectivity index (χ4v) is 0.826. The average Bonchev–Trinajstić information content (AvgIpc) is 1.97. The van der Waals surface area contributed by atoms with E-state index in [-0.39, 0.29) is 6.61 Å². The summed E-state index contributed by atoms with van der Waals surface area (Å²) in [6.07, 6.45) is 9.77. The van der Waals surface area contributed by atoms with Gasteiger partial charge in [0.2, 0.25) is 0 Å². The van der Waals surface area contributed by atoms with E-state index < -0.39 is 0 Å². The first-order chi connectivity index (χ1) is 4.91. The van der Waals surface area contributed by atoms with Crippen LogP contribution in [0.5, 0.6) is 0 Å². The Balaban J connectivity index is 2.83. The van der Waals surface area contributed by atoms with Gasteiger partial charge in [-0.2, -0.15) is 0 Å². The smallest absolute Gasteiger partial charge is 0.0822 e. The minimum Gasteiger partial charge on any atom is -0.237 e. The molecule has 0 aliphatic carbocycles. The van der Waals surface area contributed by atoms with Crippen LogP contribution in [0.25, 0.3) is 0 Å². The van der Waals surface area contributed by atoms with Crippen molar-refractivity contribution in [3.63, 3.8) is 0 Å². The van der Waals surface area contributed by atoms with Crippen molar-refractivity contribution in [1.29, 1.82) is 0 Å². The highest BCUT2D eigenvalue weighted by Gasteiger charge is 1.84. The first kappa shape index (κ1) is 9.70. The summed E-state index contributed by atoms with van der Waals surface area (Å²) in [6.45, 7) is 2.23. The molecule has 1 radical (unpaired) electrons. The molecule has 0 heterocycles. The second kappa shape index (κ2) is 8.70. The van der Waals surface area contributed by atoms with Crippen LogP contribution in [0.2, 0.25) is 0 Å². The molecule has 0 aliphatic heterocycles. The van der Waals surface area contributed by atoms with Crippen molar-refractivity contribution in [2.75, 3.05) is 6.61 Å². The van der Waals surface area contributed by atoms with Gasteiger partial charge in [-0.15, -0.1) is 0 Å². The maximum atomic E-state index is 10.0. The predicted octanol–water partition coefficient (Wildman–Crippen LogP) is 2.94. The molecule has 0 bridgehead atoms. The van der Waals surface area contributed by atoms with Crippen LogP contribution in [0.4, 0.5) is 0 Å². The van der Waals surface area contributed by atoms with Crippen LogP contribution in [0.3, 0.4) is 0 Å². The van der Waals surface area contributed by atoms with E-state index in [2.05, 4.69) is 19.1 Å². The second-order valence-corrected chi connectivity index (χ2v) is 2.43. The van der Waals surface area contributed by atoms with Gasteiger partial charge in [0.25, 0.3) is 0 Å². The fraction of sp³-hybridized carbons (Fsp3) is 0.778. The number of allylic oxidation sites excluding steroid dienone is 2. The van der Waals surface area contributed by atoms with E-state index in [0.717, 1.165) is 25.7 Å². The summed E-state index contributed by atoms with van der Waals surface area (Å²) >= 11 is 0. The normalized spacial score (nSPS) is 11.0. The van der Waals surface area contributed by atoms with Crippen molar-refractivity contribution in [3.8, 4) is 0 Å². The van der Waals surface area contributed by atoms with E-state index in [1.165, 1.54) is 6.42 Å². The summed E-state index contributed by atoms with van der Waals surface area (Å²) in [6, 6.07) is 0. The van der Waals surface area contributed by atoms with Gasteiger partial charge in [0.1, 0.15) is 0 Å². The van der Waals surface area contributed by atoms with Crippen LogP contribution in [-0.4, -0.2) is 6.61 Å². The standard InChI is InChI=1S/C9H17O/c1-2-3-4-5-6-7-8-9-10/h3-4H,2,5-9H2,1H3/b4-3+. The molecule has 1 nitrogen and oxygen atoms in total. The quantitative estimate of drug-likeness (QED) is 0.400. The summed E-state index contributed by atoms with van der Waals surface area (Å²) < 4.78 is 0. The third-order valence-corrected chi connectivity index (χ3v) is 1.42. The van der Waals surface area contributed by atoms with Gasteiger partial charge in [0, 0.05) is 0 Å². The lowest BCUT2D eigenvalue weighted by Crippen LogP contribution is -1.79. The highest BCUT2D eigenvalue weighted by atomic mass is 16.2. The summed E-state index contributed by atoms with van der Waals surface area (Å²) in [4.78, 5) is 0. The third-order valence-electron chi connectivity index (χ3n) is 1.42. The van der Waals surface area contributed by atoms with Crippen molar-refractivity contribution < 1.29 is 5.11 Å². The lowest BCUT2D eigenvalue weighted by molar-refractivity contribution is 0.186. The minimum atomic E-state index is 0.0947. The second-order valence-electron chi connectivity index (χ2n) is 2.43. The van der Waals surface area contributed by atoms with Gasteiger partial charge >= 0.3 is 0 Å². The van der Waals surface area contributed by atoms with E-state index >= 15 is 0 Å². The average molecular weight is 141 g/mol. The highest BCUT2D eigenvalue weighted by molar-refractivity contribution is 4.79. The molecule has 10 heavy (non-hydrogen) atoms. The lowest BCUT2D eigenvalue weighted by atomic mass is 10.2. The van der Waals surface area contributed by atoms with E-state index in [0.29, 0.717) is 0 Å². The Hall–Kier alpha value is -0.300. The summed E-state index contributed by atoms with van der Waals surface area (Å²) in [5, 5.41) is 10.0. The maximum Gasteiger partial charge on any atom is 0.0822 e. The van der Waals surface area contributed by atoms with E-state index in [4.69, 9.17) is 0 Å². The zero-order chi connectivity index (χ0) is 7.66. The number of hydrogen-bond acceptors (Lipinski definition) is 0. The Morgan fingerprint density at radius 1 is 1.10 bits per heavy atom. The predicted molar refractivity (Wildman–Crippen MR) is 43.5 cm³/mol. The molecule has 0 aromatic carbocycles.